The molecule has 2 aromatic carbocycles. The monoisotopic (exact) mass is 439 g/mol. The number of fused-ring (bicyclic) bond motifs is 1. The van der Waals surface area contributed by atoms with Crippen LogP contribution < -0.4 is 5.73 Å². The highest BCUT2D eigenvalue weighted by Gasteiger charge is 2.44. The number of aryl methyl sites for hydroxylation is 3. The Morgan fingerprint density at radius 3 is 2.26 bits per heavy atom. The Balaban J connectivity index is 1.47. The molecule has 31 heavy (non-hydrogen) atoms. The molecule has 0 aliphatic carbocycles. The summed E-state index contributed by atoms with van der Waals surface area (Å²) in [7, 11) is 0. The fourth-order valence-electron chi connectivity index (χ4n) is 5.14. The molecule has 0 saturated carbocycles. The Labute approximate surface area is 189 Å². The van der Waals surface area contributed by atoms with E-state index in [1.165, 1.54) is 5.56 Å². The van der Waals surface area contributed by atoms with Crippen molar-refractivity contribution < 1.29 is 9.59 Å². The van der Waals surface area contributed by atoms with Gasteiger partial charge >= 0.3 is 0 Å². The molecular weight excluding hydrogens is 410 g/mol. The van der Waals surface area contributed by atoms with E-state index in [4.69, 9.17) is 17.3 Å². The van der Waals surface area contributed by atoms with Gasteiger partial charge in [-0.25, -0.2) is 0 Å². The molecule has 2 amide bonds. The van der Waals surface area contributed by atoms with E-state index in [1.54, 1.807) is 0 Å². The van der Waals surface area contributed by atoms with Gasteiger partial charge in [-0.1, -0.05) is 41.4 Å². The SMILES string of the molecule is Cc1ccc(C(=O)N2CC3CN(C(CC(N)=O)c4ccc(C)c(Cl)c4)CC3C2)c(C)c1. The quantitative estimate of drug-likeness (QED) is 0.768. The largest absolute Gasteiger partial charge is 0.370 e. The Morgan fingerprint density at radius 1 is 1.00 bits per heavy atom. The summed E-state index contributed by atoms with van der Waals surface area (Å²) in [4.78, 5) is 29.2. The number of nitrogens with two attached hydrogens (primary N) is 1. The van der Waals surface area contributed by atoms with Crippen LogP contribution in [0.3, 0.4) is 0 Å². The smallest absolute Gasteiger partial charge is 0.254 e. The van der Waals surface area contributed by atoms with Crippen molar-refractivity contribution in [1.29, 1.82) is 0 Å². The lowest BCUT2D eigenvalue weighted by Gasteiger charge is -2.29. The minimum Gasteiger partial charge on any atom is -0.370 e. The molecule has 164 valence electrons. The molecular formula is C25H30ClN3O2. The Hall–Kier alpha value is -2.37. The molecule has 2 saturated heterocycles. The summed E-state index contributed by atoms with van der Waals surface area (Å²) in [5.74, 6) is 0.625. The van der Waals surface area contributed by atoms with Crippen LogP contribution in [-0.2, 0) is 4.79 Å². The molecule has 2 aliphatic heterocycles. The van der Waals surface area contributed by atoms with Gasteiger partial charge in [-0.3, -0.25) is 14.5 Å². The maximum Gasteiger partial charge on any atom is 0.254 e. The zero-order chi connectivity index (χ0) is 22.3. The van der Waals surface area contributed by atoms with Gasteiger partial charge in [0.2, 0.25) is 5.91 Å². The molecule has 4 rings (SSSR count). The fraction of sp³-hybridized carbons (Fsp3) is 0.440. The summed E-state index contributed by atoms with van der Waals surface area (Å²) in [6, 6.07) is 11.9. The van der Waals surface area contributed by atoms with Gasteiger partial charge in [0, 0.05) is 49.2 Å². The number of carbonyl (C=O) groups is 2. The number of benzene rings is 2. The number of carbonyl (C=O) groups excluding carboxylic acids is 2. The minimum atomic E-state index is -0.314. The first-order valence-electron chi connectivity index (χ1n) is 10.9. The van der Waals surface area contributed by atoms with Crippen LogP contribution >= 0.6 is 11.6 Å². The Kier molecular flexibility index (Phi) is 6.09. The normalized spacial score (nSPS) is 21.9. The van der Waals surface area contributed by atoms with Gasteiger partial charge in [-0.15, -0.1) is 0 Å². The first-order chi connectivity index (χ1) is 14.7. The molecule has 0 bridgehead atoms. The number of halogens is 1. The Bertz CT molecular complexity index is 1010. The summed E-state index contributed by atoms with van der Waals surface area (Å²) in [5, 5.41) is 0.705. The number of likely N-dealkylation sites (tertiary alicyclic amines) is 2. The van der Waals surface area contributed by atoms with Gasteiger partial charge in [0.05, 0.1) is 0 Å². The van der Waals surface area contributed by atoms with Crippen molar-refractivity contribution in [2.75, 3.05) is 26.2 Å². The number of rotatable bonds is 5. The van der Waals surface area contributed by atoms with E-state index in [1.807, 2.05) is 56.0 Å². The summed E-state index contributed by atoms with van der Waals surface area (Å²) in [6.07, 6.45) is 0.268. The van der Waals surface area contributed by atoms with Crippen LogP contribution in [0.1, 0.15) is 45.1 Å². The second-order valence-corrected chi connectivity index (χ2v) is 9.60. The van der Waals surface area contributed by atoms with E-state index >= 15 is 0 Å². The highest BCUT2D eigenvalue weighted by molar-refractivity contribution is 6.31. The van der Waals surface area contributed by atoms with E-state index in [0.717, 1.165) is 48.4 Å². The van der Waals surface area contributed by atoms with Gasteiger partial charge < -0.3 is 10.6 Å². The van der Waals surface area contributed by atoms with Gasteiger partial charge in [-0.05, 0) is 61.4 Å². The molecule has 6 heteroatoms. The zero-order valence-corrected chi connectivity index (χ0v) is 19.2. The average Bonchev–Trinajstić information content (AvgIpc) is 3.27. The van der Waals surface area contributed by atoms with E-state index in [2.05, 4.69) is 11.0 Å². The molecule has 3 unspecified atom stereocenters. The molecule has 2 heterocycles. The van der Waals surface area contributed by atoms with Gasteiger partial charge in [0.15, 0.2) is 0 Å². The van der Waals surface area contributed by atoms with Crippen molar-refractivity contribution in [2.24, 2.45) is 17.6 Å². The fourth-order valence-corrected chi connectivity index (χ4v) is 5.33. The van der Waals surface area contributed by atoms with Gasteiger partial charge in [0.25, 0.3) is 5.91 Å². The van der Waals surface area contributed by atoms with E-state index in [9.17, 15) is 9.59 Å². The van der Waals surface area contributed by atoms with Crippen LogP contribution in [0.2, 0.25) is 5.02 Å². The van der Waals surface area contributed by atoms with Crippen LogP contribution in [0.4, 0.5) is 0 Å². The topological polar surface area (TPSA) is 66.6 Å². The van der Waals surface area contributed by atoms with E-state index in [0.29, 0.717) is 16.9 Å². The van der Waals surface area contributed by atoms with Crippen LogP contribution in [-0.4, -0.2) is 47.8 Å². The third-order valence-corrected chi connectivity index (χ3v) is 7.24. The molecule has 3 atom stereocenters. The first kappa shape index (κ1) is 21.8. The zero-order valence-electron chi connectivity index (χ0n) is 18.4. The second-order valence-electron chi connectivity index (χ2n) is 9.20. The molecule has 0 aromatic heterocycles. The highest BCUT2D eigenvalue weighted by Crippen LogP contribution is 2.38. The van der Waals surface area contributed by atoms with Crippen LogP contribution in [0.25, 0.3) is 0 Å². The summed E-state index contributed by atoms with van der Waals surface area (Å²) in [6.45, 7) is 9.22. The summed E-state index contributed by atoms with van der Waals surface area (Å²) < 4.78 is 0. The number of amides is 2. The van der Waals surface area contributed by atoms with Crippen molar-refractivity contribution in [3.63, 3.8) is 0 Å². The van der Waals surface area contributed by atoms with Gasteiger partial charge in [0.1, 0.15) is 0 Å². The molecule has 2 aromatic rings. The lowest BCUT2D eigenvalue weighted by Crippen LogP contribution is -2.36. The summed E-state index contributed by atoms with van der Waals surface area (Å²) in [5.41, 5.74) is 10.6. The minimum absolute atomic E-state index is 0.0790. The first-order valence-corrected chi connectivity index (χ1v) is 11.3. The van der Waals surface area contributed by atoms with Crippen LogP contribution in [0, 0.1) is 32.6 Å². The molecule has 0 radical (unpaired) electrons. The van der Waals surface area contributed by atoms with Crippen molar-refractivity contribution in [1.82, 2.24) is 9.80 Å². The van der Waals surface area contributed by atoms with Crippen molar-refractivity contribution >= 4 is 23.4 Å². The standard InChI is InChI=1S/C25H30ClN3O2/c1-15-4-7-21(17(3)8-15)25(31)29-13-19-11-28(12-20(19)14-29)23(10-24(27)30)18-6-5-16(2)22(26)9-18/h4-9,19-20,23H,10-14H2,1-3H3,(H2,27,30). The second kappa shape index (κ2) is 8.64. The van der Waals surface area contributed by atoms with Crippen molar-refractivity contribution in [3.8, 4) is 0 Å². The molecule has 2 aliphatic rings. The third kappa shape index (κ3) is 4.48. The molecule has 0 spiro atoms. The van der Waals surface area contributed by atoms with E-state index < -0.39 is 0 Å². The number of primary amides is 1. The van der Waals surface area contributed by atoms with Crippen molar-refractivity contribution in [2.45, 2.75) is 33.2 Å². The molecule has 2 N–H and O–H groups in total. The predicted molar refractivity (Wildman–Crippen MR) is 123 cm³/mol. The van der Waals surface area contributed by atoms with Crippen LogP contribution in [0.5, 0.6) is 0 Å². The predicted octanol–water partition coefficient (Wildman–Crippen LogP) is 3.89. The number of nitrogens with zero attached hydrogens (tertiary/aromatic N) is 2. The highest BCUT2D eigenvalue weighted by atomic mass is 35.5. The number of hydrogen-bond acceptors (Lipinski definition) is 3. The van der Waals surface area contributed by atoms with Crippen molar-refractivity contribution in [3.05, 3.63) is 69.2 Å². The van der Waals surface area contributed by atoms with Gasteiger partial charge in [-0.2, -0.15) is 0 Å². The maximum atomic E-state index is 13.1. The average molecular weight is 440 g/mol. The molecule has 5 nitrogen and oxygen atoms in total. The number of hydrogen-bond donors (Lipinski definition) is 1. The maximum absolute atomic E-state index is 13.1. The molecule has 2 fully saturated rings. The summed E-state index contributed by atoms with van der Waals surface area (Å²) >= 11 is 6.35. The Morgan fingerprint density at radius 2 is 1.68 bits per heavy atom. The van der Waals surface area contributed by atoms with E-state index in [-0.39, 0.29) is 24.3 Å². The third-order valence-electron chi connectivity index (χ3n) is 6.83. The lowest BCUT2D eigenvalue weighted by molar-refractivity contribution is -0.119. The lowest BCUT2D eigenvalue weighted by atomic mass is 10.0. The van der Waals surface area contributed by atoms with Crippen LogP contribution in [0.15, 0.2) is 36.4 Å².